The molecule has 0 amide bonds. The van der Waals surface area contributed by atoms with Gasteiger partial charge in [0.2, 0.25) is 0 Å². The average molecular weight is 263 g/mol. The lowest BCUT2D eigenvalue weighted by Crippen LogP contribution is -2.53. The number of piperazine rings is 1. The lowest BCUT2D eigenvalue weighted by molar-refractivity contribution is 0.112. The van der Waals surface area contributed by atoms with Crippen molar-refractivity contribution in [2.45, 2.75) is 19.0 Å². The van der Waals surface area contributed by atoms with Crippen LogP contribution >= 0.6 is 0 Å². The van der Waals surface area contributed by atoms with Gasteiger partial charge in [0.1, 0.15) is 5.75 Å². The Labute approximate surface area is 116 Å². The minimum absolute atomic E-state index is 0.257. The highest BCUT2D eigenvalue weighted by atomic mass is 16.3. The van der Waals surface area contributed by atoms with E-state index in [0.717, 1.165) is 31.7 Å². The Bertz CT molecular complexity index is 410. The van der Waals surface area contributed by atoms with Gasteiger partial charge in [-0.15, -0.1) is 0 Å². The van der Waals surface area contributed by atoms with Crippen LogP contribution in [0.1, 0.15) is 18.5 Å². The van der Waals surface area contributed by atoms with Crippen molar-refractivity contribution in [3.63, 3.8) is 0 Å². The predicted molar refractivity (Wildman–Crippen MR) is 78.4 cm³/mol. The van der Waals surface area contributed by atoms with Crippen LogP contribution in [-0.2, 0) is 0 Å². The number of phenolic OH excluding ortho intramolecular Hbond substituents is 1. The summed E-state index contributed by atoms with van der Waals surface area (Å²) in [6, 6.07) is 8.29. The predicted octanol–water partition coefficient (Wildman–Crippen LogP) is 1.29. The Balaban J connectivity index is 1.87. The summed E-state index contributed by atoms with van der Waals surface area (Å²) in [5.41, 5.74) is 1.13. The van der Waals surface area contributed by atoms with E-state index in [0.29, 0.717) is 11.8 Å². The van der Waals surface area contributed by atoms with E-state index >= 15 is 0 Å². The van der Waals surface area contributed by atoms with Crippen LogP contribution in [0.4, 0.5) is 0 Å². The van der Waals surface area contributed by atoms with E-state index in [9.17, 15) is 5.11 Å². The van der Waals surface area contributed by atoms with Crippen LogP contribution in [-0.4, -0.2) is 61.2 Å². The van der Waals surface area contributed by atoms with E-state index in [1.165, 1.54) is 0 Å². The summed E-state index contributed by atoms with van der Waals surface area (Å²) in [6.45, 7) is 6.49. The summed E-state index contributed by atoms with van der Waals surface area (Å²) < 4.78 is 0. The molecule has 19 heavy (non-hydrogen) atoms. The van der Waals surface area contributed by atoms with Crippen LogP contribution < -0.4 is 5.32 Å². The molecule has 4 nitrogen and oxygen atoms in total. The third-order valence-corrected chi connectivity index (χ3v) is 4.01. The van der Waals surface area contributed by atoms with Crippen molar-refractivity contribution in [1.29, 1.82) is 0 Å². The van der Waals surface area contributed by atoms with Crippen molar-refractivity contribution in [1.82, 2.24) is 15.1 Å². The molecular formula is C15H25N3O. The zero-order valence-electron chi connectivity index (χ0n) is 12.1. The molecule has 0 radical (unpaired) electrons. The van der Waals surface area contributed by atoms with Crippen molar-refractivity contribution in [3.8, 4) is 5.75 Å². The van der Waals surface area contributed by atoms with E-state index in [1.807, 2.05) is 18.2 Å². The Morgan fingerprint density at radius 1 is 1.37 bits per heavy atom. The molecule has 1 aromatic rings. The fourth-order valence-corrected chi connectivity index (χ4v) is 2.55. The fraction of sp³-hybridized carbons (Fsp3) is 0.600. The van der Waals surface area contributed by atoms with Crippen molar-refractivity contribution in [2.24, 2.45) is 0 Å². The van der Waals surface area contributed by atoms with Gasteiger partial charge in [0.15, 0.2) is 0 Å². The smallest absolute Gasteiger partial charge is 0.115 e. The zero-order chi connectivity index (χ0) is 13.8. The minimum Gasteiger partial charge on any atom is -0.508 e. The van der Waals surface area contributed by atoms with Gasteiger partial charge >= 0.3 is 0 Å². The maximum absolute atomic E-state index is 9.51. The van der Waals surface area contributed by atoms with Gasteiger partial charge in [-0.2, -0.15) is 0 Å². The van der Waals surface area contributed by atoms with Crippen LogP contribution in [0.25, 0.3) is 0 Å². The topological polar surface area (TPSA) is 38.7 Å². The molecule has 0 aromatic heterocycles. The monoisotopic (exact) mass is 263 g/mol. The first kappa shape index (κ1) is 14.3. The van der Waals surface area contributed by atoms with E-state index in [4.69, 9.17) is 0 Å². The third-order valence-electron chi connectivity index (χ3n) is 4.01. The standard InChI is InChI=1S/C15H25N3O/c1-12(13-5-4-6-15(19)9-13)16-10-14-11-17(2)7-8-18(14)3/h4-6,9,12,14,16,19H,7-8,10-11H2,1-3H3. The molecule has 1 aliphatic rings. The molecule has 2 rings (SSSR count). The van der Waals surface area contributed by atoms with Crippen LogP contribution in [0.3, 0.4) is 0 Å². The van der Waals surface area contributed by atoms with E-state index < -0.39 is 0 Å². The highest BCUT2D eigenvalue weighted by molar-refractivity contribution is 5.29. The highest BCUT2D eigenvalue weighted by Crippen LogP contribution is 2.18. The third kappa shape index (κ3) is 3.93. The quantitative estimate of drug-likeness (QED) is 0.858. The number of rotatable bonds is 4. The second-order valence-corrected chi connectivity index (χ2v) is 5.62. The van der Waals surface area contributed by atoms with E-state index in [1.54, 1.807) is 6.07 Å². The first-order valence-electron chi connectivity index (χ1n) is 6.97. The van der Waals surface area contributed by atoms with Crippen molar-refractivity contribution in [3.05, 3.63) is 29.8 Å². The molecule has 106 valence electrons. The summed E-state index contributed by atoms with van der Waals surface area (Å²) in [6.07, 6.45) is 0. The Hall–Kier alpha value is -1.10. The minimum atomic E-state index is 0.257. The summed E-state index contributed by atoms with van der Waals surface area (Å²) in [4.78, 5) is 4.80. The Kier molecular flexibility index (Phi) is 4.80. The lowest BCUT2D eigenvalue weighted by atomic mass is 10.1. The fourth-order valence-electron chi connectivity index (χ4n) is 2.55. The van der Waals surface area contributed by atoms with Gasteiger partial charge in [-0.3, -0.25) is 4.90 Å². The Morgan fingerprint density at radius 3 is 2.89 bits per heavy atom. The SMILES string of the molecule is CC(NCC1CN(C)CCN1C)c1cccc(O)c1. The molecule has 1 aliphatic heterocycles. The van der Waals surface area contributed by atoms with Gasteiger partial charge in [0.25, 0.3) is 0 Å². The number of aromatic hydroxyl groups is 1. The van der Waals surface area contributed by atoms with E-state index in [-0.39, 0.29) is 6.04 Å². The van der Waals surface area contributed by atoms with Crippen molar-refractivity contribution >= 4 is 0 Å². The van der Waals surface area contributed by atoms with Crippen molar-refractivity contribution in [2.75, 3.05) is 40.3 Å². The molecular weight excluding hydrogens is 238 g/mol. The normalized spacial score (nSPS) is 23.4. The van der Waals surface area contributed by atoms with Gasteiger partial charge in [-0.25, -0.2) is 0 Å². The Morgan fingerprint density at radius 2 is 2.16 bits per heavy atom. The summed E-state index contributed by atoms with van der Waals surface area (Å²) >= 11 is 0. The zero-order valence-corrected chi connectivity index (χ0v) is 12.1. The molecule has 2 N–H and O–H groups in total. The van der Waals surface area contributed by atoms with Crippen LogP contribution in [0.2, 0.25) is 0 Å². The summed E-state index contributed by atoms with van der Waals surface area (Å²) in [5.74, 6) is 0.334. The molecule has 0 bridgehead atoms. The van der Waals surface area contributed by atoms with Crippen LogP contribution in [0, 0.1) is 0 Å². The highest BCUT2D eigenvalue weighted by Gasteiger charge is 2.22. The first-order chi connectivity index (χ1) is 9.06. The van der Waals surface area contributed by atoms with Crippen LogP contribution in [0.5, 0.6) is 5.75 Å². The number of likely N-dealkylation sites (N-methyl/N-ethyl adjacent to an activating group) is 2. The molecule has 2 atom stereocenters. The molecule has 0 aliphatic carbocycles. The number of phenols is 1. The molecule has 2 unspecified atom stereocenters. The average Bonchev–Trinajstić information content (AvgIpc) is 2.39. The van der Waals surface area contributed by atoms with Gasteiger partial charge in [-0.1, -0.05) is 12.1 Å². The van der Waals surface area contributed by atoms with E-state index in [2.05, 4.69) is 36.1 Å². The number of nitrogens with zero attached hydrogens (tertiary/aromatic N) is 2. The number of nitrogens with one attached hydrogen (secondary N) is 1. The number of benzene rings is 1. The summed E-state index contributed by atoms with van der Waals surface area (Å²) in [5, 5.41) is 13.1. The number of hydrogen-bond donors (Lipinski definition) is 2. The van der Waals surface area contributed by atoms with Gasteiger partial charge in [-0.05, 0) is 38.7 Å². The maximum atomic E-state index is 9.51. The molecule has 0 spiro atoms. The van der Waals surface area contributed by atoms with Gasteiger partial charge in [0.05, 0.1) is 0 Å². The molecule has 1 aromatic carbocycles. The molecule has 1 fully saturated rings. The van der Waals surface area contributed by atoms with Gasteiger partial charge in [0, 0.05) is 38.3 Å². The molecule has 1 saturated heterocycles. The molecule has 1 heterocycles. The summed E-state index contributed by atoms with van der Waals surface area (Å²) in [7, 11) is 4.37. The first-order valence-corrected chi connectivity index (χ1v) is 6.97. The second-order valence-electron chi connectivity index (χ2n) is 5.62. The van der Waals surface area contributed by atoms with Gasteiger partial charge < -0.3 is 15.3 Å². The van der Waals surface area contributed by atoms with Crippen LogP contribution in [0.15, 0.2) is 24.3 Å². The largest absolute Gasteiger partial charge is 0.508 e. The lowest BCUT2D eigenvalue weighted by Gasteiger charge is -2.38. The maximum Gasteiger partial charge on any atom is 0.115 e. The molecule has 0 saturated carbocycles. The number of hydrogen-bond acceptors (Lipinski definition) is 4. The van der Waals surface area contributed by atoms with Crippen molar-refractivity contribution < 1.29 is 5.11 Å². The second kappa shape index (κ2) is 6.37. The molecule has 4 heteroatoms.